The van der Waals surface area contributed by atoms with Crippen molar-refractivity contribution in [1.29, 1.82) is 0 Å². The predicted molar refractivity (Wildman–Crippen MR) is 95.7 cm³/mol. The Balaban J connectivity index is 1.42. The molecule has 1 fully saturated rings. The molecule has 2 aliphatic rings. The summed E-state index contributed by atoms with van der Waals surface area (Å²) in [6.45, 7) is 5.34. The van der Waals surface area contributed by atoms with E-state index in [1.165, 1.54) is 16.9 Å². The Morgan fingerprint density at radius 1 is 1.21 bits per heavy atom. The van der Waals surface area contributed by atoms with Crippen LogP contribution >= 0.6 is 11.3 Å². The molecular formula is C18H22N4OS. The summed E-state index contributed by atoms with van der Waals surface area (Å²) < 4.78 is 0. The number of aromatic nitrogens is 2. The average Bonchev–Trinajstić information content (AvgIpc) is 3.05. The number of hydrogen-bond acceptors (Lipinski definition) is 5. The Morgan fingerprint density at radius 2 is 1.96 bits per heavy atom. The van der Waals surface area contributed by atoms with Crippen molar-refractivity contribution in [2.24, 2.45) is 5.92 Å². The lowest BCUT2D eigenvalue weighted by Crippen LogP contribution is -2.49. The summed E-state index contributed by atoms with van der Waals surface area (Å²) in [5, 5.41) is 0. The van der Waals surface area contributed by atoms with Crippen molar-refractivity contribution in [3.05, 3.63) is 39.8 Å². The van der Waals surface area contributed by atoms with Gasteiger partial charge in [-0.25, -0.2) is 9.97 Å². The van der Waals surface area contributed by atoms with Gasteiger partial charge in [0.2, 0.25) is 5.95 Å². The monoisotopic (exact) mass is 342 g/mol. The predicted octanol–water partition coefficient (Wildman–Crippen LogP) is 2.63. The largest absolute Gasteiger partial charge is 0.337 e. The van der Waals surface area contributed by atoms with Crippen molar-refractivity contribution in [3.63, 3.8) is 0 Å². The van der Waals surface area contributed by atoms with E-state index in [1.54, 1.807) is 23.7 Å². The molecule has 5 nitrogen and oxygen atoms in total. The Hall–Kier alpha value is -1.95. The van der Waals surface area contributed by atoms with Crippen LogP contribution in [0.2, 0.25) is 0 Å². The summed E-state index contributed by atoms with van der Waals surface area (Å²) in [6, 6.07) is 3.97. The number of amides is 1. The number of fused-ring (bicyclic) bond motifs is 1. The van der Waals surface area contributed by atoms with Gasteiger partial charge in [0.1, 0.15) is 0 Å². The second kappa shape index (κ2) is 6.51. The molecule has 1 amide bonds. The molecule has 126 valence electrons. The molecule has 0 unspecified atom stereocenters. The second-order valence-electron chi connectivity index (χ2n) is 6.74. The van der Waals surface area contributed by atoms with Gasteiger partial charge in [0.05, 0.1) is 4.88 Å². The molecule has 1 aliphatic carbocycles. The fourth-order valence-corrected chi connectivity index (χ4v) is 4.71. The van der Waals surface area contributed by atoms with Gasteiger partial charge in [-0.3, -0.25) is 4.79 Å². The van der Waals surface area contributed by atoms with E-state index in [1.807, 2.05) is 11.0 Å². The van der Waals surface area contributed by atoms with Crippen LogP contribution in [0.15, 0.2) is 24.5 Å². The first kappa shape index (κ1) is 15.6. The van der Waals surface area contributed by atoms with Crippen molar-refractivity contribution < 1.29 is 4.79 Å². The van der Waals surface area contributed by atoms with Gasteiger partial charge in [-0.15, -0.1) is 11.3 Å². The summed E-state index contributed by atoms with van der Waals surface area (Å²) in [5.74, 6) is 1.69. The smallest absolute Gasteiger partial charge is 0.264 e. The minimum Gasteiger partial charge on any atom is -0.337 e. The first-order valence-electron chi connectivity index (χ1n) is 8.63. The third-order valence-electron chi connectivity index (χ3n) is 4.94. The molecule has 2 aromatic heterocycles. The summed E-state index contributed by atoms with van der Waals surface area (Å²) in [5.41, 5.74) is 1.40. The van der Waals surface area contributed by atoms with Crippen LogP contribution in [-0.4, -0.2) is 47.0 Å². The quantitative estimate of drug-likeness (QED) is 0.842. The highest BCUT2D eigenvalue weighted by Crippen LogP contribution is 2.32. The summed E-state index contributed by atoms with van der Waals surface area (Å²) in [4.78, 5) is 27.9. The molecule has 0 N–H and O–H groups in total. The van der Waals surface area contributed by atoms with Gasteiger partial charge in [0.25, 0.3) is 5.91 Å². The molecule has 6 heteroatoms. The summed E-state index contributed by atoms with van der Waals surface area (Å²) in [6.07, 6.45) is 7.02. The Labute approximate surface area is 146 Å². The zero-order valence-corrected chi connectivity index (χ0v) is 14.8. The topological polar surface area (TPSA) is 49.3 Å². The third kappa shape index (κ3) is 3.02. The molecule has 2 aromatic rings. The lowest BCUT2D eigenvalue weighted by molar-refractivity contribution is 0.0751. The number of carbonyl (C=O) groups is 1. The SMILES string of the molecule is C[C@@H]1CCc2sc(C(=O)N3CCN(c4ncccn4)CC3)cc2C1. The lowest BCUT2D eigenvalue weighted by atomic mass is 9.90. The van der Waals surface area contributed by atoms with Gasteiger partial charge in [0, 0.05) is 43.4 Å². The van der Waals surface area contributed by atoms with E-state index < -0.39 is 0 Å². The average molecular weight is 342 g/mol. The van der Waals surface area contributed by atoms with E-state index in [2.05, 4.69) is 27.9 Å². The van der Waals surface area contributed by atoms with Gasteiger partial charge < -0.3 is 9.80 Å². The minimum absolute atomic E-state index is 0.190. The third-order valence-corrected chi connectivity index (χ3v) is 6.17. The van der Waals surface area contributed by atoms with E-state index in [-0.39, 0.29) is 5.91 Å². The molecule has 24 heavy (non-hydrogen) atoms. The van der Waals surface area contributed by atoms with E-state index in [0.717, 1.165) is 55.8 Å². The number of carbonyl (C=O) groups excluding carboxylic acids is 1. The Kier molecular flexibility index (Phi) is 4.22. The van der Waals surface area contributed by atoms with Gasteiger partial charge >= 0.3 is 0 Å². The first-order valence-corrected chi connectivity index (χ1v) is 9.45. The zero-order chi connectivity index (χ0) is 16.5. The number of hydrogen-bond donors (Lipinski definition) is 0. The van der Waals surface area contributed by atoms with Crippen LogP contribution in [0, 0.1) is 5.92 Å². The molecular weight excluding hydrogens is 320 g/mol. The van der Waals surface area contributed by atoms with Gasteiger partial charge in [-0.2, -0.15) is 0 Å². The molecule has 1 saturated heterocycles. The maximum absolute atomic E-state index is 12.8. The molecule has 0 spiro atoms. The van der Waals surface area contributed by atoms with Gasteiger partial charge in [-0.05, 0) is 42.9 Å². The number of rotatable bonds is 2. The van der Waals surface area contributed by atoms with Crippen molar-refractivity contribution in [1.82, 2.24) is 14.9 Å². The highest BCUT2D eigenvalue weighted by Gasteiger charge is 2.26. The molecule has 0 saturated carbocycles. The van der Waals surface area contributed by atoms with E-state index >= 15 is 0 Å². The van der Waals surface area contributed by atoms with Crippen LogP contribution in [0.5, 0.6) is 0 Å². The number of piperazine rings is 1. The molecule has 1 atom stereocenters. The van der Waals surface area contributed by atoms with Crippen molar-refractivity contribution in [2.45, 2.75) is 26.2 Å². The van der Waals surface area contributed by atoms with Crippen molar-refractivity contribution >= 4 is 23.2 Å². The Morgan fingerprint density at radius 3 is 2.71 bits per heavy atom. The highest BCUT2D eigenvalue weighted by molar-refractivity contribution is 7.14. The van der Waals surface area contributed by atoms with Gasteiger partial charge in [0.15, 0.2) is 0 Å². The second-order valence-corrected chi connectivity index (χ2v) is 7.87. The first-order chi connectivity index (χ1) is 11.7. The maximum atomic E-state index is 12.8. The summed E-state index contributed by atoms with van der Waals surface area (Å²) >= 11 is 1.71. The van der Waals surface area contributed by atoms with Gasteiger partial charge in [-0.1, -0.05) is 6.92 Å². The highest BCUT2D eigenvalue weighted by atomic mass is 32.1. The molecule has 0 aromatic carbocycles. The Bertz CT molecular complexity index is 722. The minimum atomic E-state index is 0.190. The van der Waals surface area contributed by atoms with Crippen LogP contribution < -0.4 is 4.90 Å². The van der Waals surface area contributed by atoms with Crippen LogP contribution in [0.25, 0.3) is 0 Å². The van der Waals surface area contributed by atoms with Crippen molar-refractivity contribution in [3.8, 4) is 0 Å². The van der Waals surface area contributed by atoms with Crippen LogP contribution in [0.4, 0.5) is 5.95 Å². The number of thiophene rings is 1. The fraction of sp³-hybridized carbons (Fsp3) is 0.500. The molecule has 0 radical (unpaired) electrons. The molecule has 0 bridgehead atoms. The number of aryl methyl sites for hydroxylation is 1. The number of anilines is 1. The molecule has 1 aliphatic heterocycles. The molecule has 3 heterocycles. The van der Waals surface area contributed by atoms with E-state index in [9.17, 15) is 4.79 Å². The van der Waals surface area contributed by atoms with Crippen LogP contribution in [-0.2, 0) is 12.8 Å². The van der Waals surface area contributed by atoms with Crippen LogP contribution in [0.1, 0.15) is 33.5 Å². The van der Waals surface area contributed by atoms with Crippen LogP contribution in [0.3, 0.4) is 0 Å². The van der Waals surface area contributed by atoms with Crippen molar-refractivity contribution in [2.75, 3.05) is 31.1 Å². The lowest BCUT2D eigenvalue weighted by Gasteiger charge is -2.34. The number of nitrogens with zero attached hydrogens (tertiary/aromatic N) is 4. The molecule has 4 rings (SSSR count). The maximum Gasteiger partial charge on any atom is 0.264 e. The zero-order valence-electron chi connectivity index (χ0n) is 13.9. The standard InChI is InChI=1S/C18H22N4OS/c1-13-3-4-15-14(11-13)12-16(24-15)17(23)21-7-9-22(10-8-21)18-19-5-2-6-20-18/h2,5-6,12-13H,3-4,7-11H2,1H3/t13-/m1/s1. The summed E-state index contributed by atoms with van der Waals surface area (Å²) in [7, 11) is 0. The van der Waals surface area contributed by atoms with E-state index in [0.29, 0.717) is 0 Å². The van der Waals surface area contributed by atoms with E-state index in [4.69, 9.17) is 0 Å². The fourth-order valence-electron chi connectivity index (χ4n) is 3.53. The normalized spacial score (nSPS) is 20.8.